The normalized spacial score (nSPS) is 15.4. The number of thiophene rings is 1. The van der Waals surface area contributed by atoms with Gasteiger partial charge in [0.05, 0.1) is 39.3 Å². The lowest BCUT2D eigenvalue weighted by Gasteiger charge is -2.26. The molecule has 0 saturated carbocycles. The summed E-state index contributed by atoms with van der Waals surface area (Å²) < 4.78 is 13.9. The van der Waals surface area contributed by atoms with E-state index in [2.05, 4.69) is 15.9 Å². The highest BCUT2D eigenvalue weighted by Crippen LogP contribution is 2.35. The number of benzene rings is 2. The fourth-order valence-electron chi connectivity index (χ4n) is 4.08. The second-order valence-corrected chi connectivity index (χ2v) is 11.4. The summed E-state index contributed by atoms with van der Waals surface area (Å²) in [5.74, 6) is 0.178. The topological polar surface area (TPSA) is 69.9 Å². The molecule has 1 atom stereocenters. The van der Waals surface area contributed by atoms with E-state index in [-0.39, 0.29) is 12.2 Å². The predicted molar refractivity (Wildman–Crippen MR) is 146 cm³/mol. The van der Waals surface area contributed by atoms with Crippen LogP contribution >= 0.6 is 38.6 Å². The Hall–Kier alpha value is -3.27. The maximum atomic E-state index is 13.8. The summed E-state index contributed by atoms with van der Waals surface area (Å²) in [6.07, 6.45) is 1.86. The highest BCUT2D eigenvalue weighted by atomic mass is 79.9. The number of aromatic nitrogens is 1. The zero-order chi connectivity index (χ0) is 25.2. The fraction of sp³-hybridized carbons (Fsp3) is 0.148. The van der Waals surface area contributed by atoms with E-state index < -0.39 is 12.0 Å². The summed E-state index contributed by atoms with van der Waals surface area (Å²) in [4.78, 5) is 33.5. The molecule has 6 nitrogen and oxygen atoms in total. The Morgan fingerprint density at radius 3 is 2.47 bits per heavy atom. The van der Waals surface area contributed by atoms with Gasteiger partial charge in [0.1, 0.15) is 5.75 Å². The van der Waals surface area contributed by atoms with Crippen molar-refractivity contribution in [3.05, 3.63) is 112 Å². The third-order valence-corrected chi connectivity index (χ3v) is 8.23. The van der Waals surface area contributed by atoms with E-state index in [9.17, 15) is 9.59 Å². The van der Waals surface area contributed by atoms with E-state index in [0.717, 1.165) is 19.8 Å². The molecule has 0 radical (unpaired) electrons. The molecule has 0 fully saturated rings. The van der Waals surface area contributed by atoms with Crippen molar-refractivity contribution in [2.24, 2.45) is 4.99 Å². The molecule has 4 aromatic rings. The number of halogens is 1. The lowest BCUT2D eigenvalue weighted by Crippen LogP contribution is -2.39. The van der Waals surface area contributed by atoms with Gasteiger partial charge in [-0.1, -0.05) is 53.8 Å². The first-order chi connectivity index (χ1) is 17.5. The Balaban J connectivity index is 1.82. The molecule has 5 rings (SSSR count). The van der Waals surface area contributed by atoms with E-state index in [1.165, 1.54) is 22.7 Å². The number of hydrogen-bond acceptors (Lipinski definition) is 7. The summed E-state index contributed by atoms with van der Waals surface area (Å²) in [6.45, 7) is 1.97. The SMILES string of the molecule is CCOC(=O)C1=C(c2ccccc2)N=c2s/c(=C/c3ccc(Br)s3)c(=O)n2[C@H]1c1ccc(OC)cc1. The molecule has 182 valence electrons. The molecule has 0 saturated heterocycles. The van der Waals surface area contributed by atoms with Crippen molar-refractivity contribution in [2.75, 3.05) is 13.7 Å². The van der Waals surface area contributed by atoms with E-state index >= 15 is 0 Å². The quantitative estimate of drug-likeness (QED) is 0.308. The van der Waals surface area contributed by atoms with Gasteiger partial charge in [-0.15, -0.1) is 11.3 Å². The van der Waals surface area contributed by atoms with E-state index in [4.69, 9.17) is 14.5 Å². The molecule has 0 N–H and O–H groups in total. The van der Waals surface area contributed by atoms with Crippen molar-refractivity contribution in [2.45, 2.75) is 13.0 Å². The Morgan fingerprint density at radius 1 is 1.08 bits per heavy atom. The van der Waals surface area contributed by atoms with Gasteiger partial charge in [0, 0.05) is 10.4 Å². The lowest BCUT2D eigenvalue weighted by molar-refractivity contribution is -0.138. The molecule has 0 amide bonds. The number of nitrogens with zero attached hydrogens (tertiary/aromatic N) is 2. The molecule has 9 heteroatoms. The maximum absolute atomic E-state index is 13.8. The van der Waals surface area contributed by atoms with Crippen LogP contribution in [0.5, 0.6) is 5.75 Å². The molecule has 36 heavy (non-hydrogen) atoms. The number of ether oxygens (including phenoxy) is 2. The van der Waals surface area contributed by atoms with Gasteiger partial charge in [-0.25, -0.2) is 9.79 Å². The van der Waals surface area contributed by atoms with Gasteiger partial charge >= 0.3 is 5.97 Å². The van der Waals surface area contributed by atoms with Crippen molar-refractivity contribution in [1.29, 1.82) is 0 Å². The van der Waals surface area contributed by atoms with Crippen LogP contribution in [0.3, 0.4) is 0 Å². The molecule has 2 aromatic heterocycles. The smallest absolute Gasteiger partial charge is 0.338 e. The Morgan fingerprint density at radius 2 is 1.83 bits per heavy atom. The van der Waals surface area contributed by atoms with Crippen molar-refractivity contribution >= 4 is 56.3 Å². The van der Waals surface area contributed by atoms with Gasteiger partial charge in [0.25, 0.3) is 5.56 Å². The number of carbonyl (C=O) groups is 1. The van der Waals surface area contributed by atoms with Gasteiger partial charge in [-0.2, -0.15) is 0 Å². The third-order valence-electron chi connectivity index (χ3n) is 5.67. The van der Waals surface area contributed by atoms with Crippen molar-refractivity contribution in [3.63, 3.8) is 0 Å². The maximum Gasteiger partial charge on any atom is 0.338 e. The number of hydrogen-bond donors (Lipinski definition) is 0. The molecular formula is C27H21BrN2O4S2. The first kappa shape index (κ1) is 24.4. The number of esters is 1. The number of fused-ring (bicyclic) bond motifs is 1. The van der Waals surface area contributed by atoms with Crippen molar-refractivity contribution < 1.29 is 14.3 Å². The van der Waals surface area contributed by atoms with E-state index in [0.29, 0.717) is 26.4 Å². The molecule has 0 bridgehead atoms. The van der Waals surface area contributed by atoms with Crippen LogP contribution < -0.4 is 19.6 Å². The van der Waals surface area contributed by atoms with Crippen LogP contribution in [-0.4, -0.2) is 24.3 Å². The Bertz CT molecular complexity index is 1630. The van der Waals surface area contributed by atoms with Gasteiger partial charge in [0.2, 0.25) is 0 Å². The average Bonchev–Trinajstić information content (AvgIpc) is 3.45. The zero-order valence-corrected chi connectivity index (χ0v) is 22.7. The van der Waals surface area contributed by atoms with Gasteiger partial charge in [0.15, 0.2) is 4.80 Å². The second kappa shape index (κ2) is 10.4. The summed E-state index contributed by atoms with van der Waals surface area (Å²) in [5, 5.41) is 0. The van der Waals surface area contributed by atoms with Crippen LogP contribution in [0.25, 0.3) is 11.8 Å². The highest BCUT2D eigenvalue weighted by molar-refractivity contribution is 9.11. The van der Waals surface area contributed by atoms with Gasteiger partial charge in [-0.3, -0.25) is 9.36 Å². The molecular weight excluding hydrogens is 560 g/mol. The van der Waals surface area contributed by atoms with Crippen LogP contribution in [0.15, 0.2) is 85.9 Å². The molecule has 1 aliphatic rings. The predicted octanol–water partition coefficient (Wildman–Crippen LogP) is 4.77. The van der Waals surface area contributed by atoms with Crippen molar-refractivity contribution in [1.82, 2.24) is 4.57 Å². The monoisotopic (exact) mass is 580 g/mol. The largest absolute Gasteiger partial charge is 0.497 e. The zero-order valence-electron chi connectivity index (χ0n) is 19.4. The van der Waals surface area contributed by atoms with Gasteiger partial charge < -0.3 is 9.47 Å². The van der Waals surface area contributed by atoms with E-state index in [1.807, 2.05) is 72.8 Å². The lowest BCUT2D eigenvalue weighted by atomic mass is 9.93. The van der Waals surface area contributed by atoms with E-state index in [1.54, 1.807) is 18.6 Å². The fourth-order valence-corrected chi connectivity index (χ4v) is 6.51. The Kier molecular flexibility index (Phi) is 7.04. The first-order valence-electron chi connectivity index (χ1n) is 11.2. The minimum Gasteiger partial charge on any atom is -0.497 e. The summed E-state index contributed by atoms with van der Waals surface area (Å²) >= 11 is 6.32. The summed E-state index contributed by atoms with van der Waals surface area (Å²) in [7, 11) is 1.60. The summed E-state index contributed by atoms with van der Waals surface area (Å²) in [6, 6.07) is 20.1. The Labute approximate surface area is 223 Å². The molecule has 0 spiro atoms. The number of methoxy groups -OCH3 is 1. The van der Waals surface area contributed by atoms with Crippen molar-refractivity contribution in [3.8, 4) is 5.75 Å². The van der Waals surface area contributed by atoms with Crippen LogP contribution in [0.1, 0.15) is 29.0 Å². The first-order valence-corrected chi connectivity index (χ1v) is 13.6. The molecule has 0 aliphatic carbocycles. The highest BCUT2D eigenvalue weighted by Gasteiger charge is 2.35. The number of thiazole rings is 1. The molecule has 0 unspecified atom stereocenters. The average molecular weight is 582 g/mol. The minimum absolute atomic E-state index is 0.206. The molecule has 2 aromatic carbocycles. The number of rotatable bonds is 6. The molecule has 3 heterocycles. The minimum atomic E-state index is -0.710. The van der Waals surface area contributed by atoms with Crippen LogP contribution in [0, 0.1) is 0 Å². The third kappa shape index (κ3) is 4.61. The second-order valence-electron chi connectivity index (χ2n) is 7.85. The van der Waals surface area contributed by atoms with Crippen LogP contribution in [-0.2, 0) is 9.53 Å². The number of carbonyl (C=O) groups excluding carboxylic acids is 1. The molecule has 1 aliphatic heterocycles. The summed E-state index contributed by atoms with van der Waals surface area (Å²) in [5.41, 5.74) is 2.15. The van der Waals surface area contributed by atoms with Crippen LogP contribution in [0.4, 0.5) is 0 Å². The van der Waals surface area contributed by atoms with Crippen LogP contribution in [0.2, 0.25) is 0 Å². The van der Waals surface area contributed by atoms with Gasteiger partial charge in [-0.05, 0) is 58.8 Å². The standard InChI is InChI=1S/C27H21BrN2O4S2/c1-3-34-26(32)22-23(16-7-5-4-6-8-16)29-27-30(24(22)17-9-11-18(33-2)12-10-17)25(31)20(36-27)15-19-13-14-21(28)35-19/h4-15,24H,3H2,1-2H3/b20-15+/t24-/m0/s1.